The van der Waals surface area contributed by atoms with Gasteiger partial charge in [-0.1, -0.05) is 39.3 Å². The Kier molecular flexibility index (Phi) is 3.70. The molecule has 0 bridgehead atoms. The molecule has 0 spiro atoms. The van der Waals surface area contributed by atoms with Crippen molar-refractivity contribution in [2.24, 2.45) is 0 Å². The molecule has 0 fully saturated rings. The Morgan fingerprint density at radius 3 is 2.57 bits per heavy atom. The minimum absolute atomic E-state index is 0. The van der Waals surface area contributed by atoms with Gasteiger partial charge in [-0.25, -0.2) is 0 Å². The van der Waals surface area contributed by atoms with Crippen LogP contribution in [0.2, 0.25) is 0 Å². The third kappa shape index (κ3) is 2.27. The summed E-state index contributed by atoms with van der Waals surface area (Å²) in [6.45, 7) is 11.6. The topological polar surface area (TPSA) is 12.9 Å². The summed E-state index contributed by atoms with van der Waals surface area (Å²) in [5.74, 6) is 0. The summed E-state index contributed by atoms with van der Waals surface area (Å²) in [6, 6.07) is 12.0. The third-order valence-corrected chi connectivity index (χ3v) is 5.28. The summed E-state index contributed by atoms with van der Waals surface area (Å²) in [7, 11) is 0. The molecule has 2 heteroatoms. The smallest absolute Gasteiger partial charge is 0.0201 e. The molecule has 0 unspecified atom stereocenters. The molecule has 1 aromatic heterocycles. The van der Waals surface area contributed by atoms with Crippen LogP contribution in [0.15, 0.2) is 30.5 Å². The first-order chi connectivity index (χ1) is 10.3. The maximum Gasteiger partial charge on any atom is 0.0201 e. The second-order valence-corrected chi connectivity index (χ2v) is 8.04. The average Bonchev–Trinajstić information content (AvgIpc) is 2.64. The molecular formula is C21H22IrN-. The summed E-state index contributed by atoms with van der Waals surface area (Å²) in [4.78, 5) is 4.85. The van der Waals surface area contributed by atoms with Crippen molar-refractivity contribution in [2.45, 2.75) is 51.9 Å². The molecule has 0 atom stereocenters. The van der Waals surface area contributed by atoms with Crippen LogP contribution in [0.25, 0.3) is 21.7 Å². The van der Waals surface area contributed by atoms with E-state index in [4.69, 9.17) is 4.98 Å². The summed E-state index contributed by atoms with van der Waals surface area (Å²) < 4.78 is 0. The van der Waals surface area contributed by atoms with Crippen LogP contribution in [-0.2, 0) is 30.9 Å². The minimum atomic E-state index is 0. The molecule has 1 heterocycles. The van der Waals surface area contributed by atoms with Crippen LogP contribution in [0.3, 0.4) is 0 Å². The quantitative estimate of drug-likeness (QED) is 0.308. The van der Waals surface area contributed by atoms with Crippen molar-refractivity contribution < 1.29 is 20.1 Å². The van der Waals surface area contributed by atoms with Gasteiger partial charge in [-0.05, 0) is 46.2 Å². The van der Waals surface area contributed by atoms with E-state index in [0.717, 1.165) is 10.9 Å². The zero-order valence-electron chi connectivity index (χ0n) is 14.4. The van der Waals surface area contributed by atoms with Gasteiger partial charge in [-0.15, -0.1) is 35.0 Å². The zero-order valence-corrected chi connectivity index (χ0v) is 16.8. The van der Waals surface area contributed by atoms with E-state index in [1.807, 2.05) is 6.07 Å². The van der Waals surface area contributed by atoms with Crippen molar-refractivity contribution in [3.8, 4) is 0 Å². The second-order valence-electron chi connectivity index (χ2n) is 8.04. The number of fused-ring (bicyclic) bond motifs is 5. The number of pyridine rings is 1. The fourth-order valence-corrected chi connectivity index (χ4v) is 4.65. The minimum Gasteiger partial charge on any atom is -0.304 e. The molecule has 3 aromatic rings. The molecule has 0 saturated carbocycles. The molecule has 0 saturated heterocycles. The van der Waals surface area contributed by atoms with Gasteiger partial charge >= 0.3 is 0 Å². The van der Waals surface area contributed by atoms with Crippen LogP contribution in [0, 0.1) is 13.0 Å². The average molecular weight is 481 g/mol. The summed E-state index contributed by atoms with van der Waals surface area (Å²) >= 11 is 0. The van der Waals surface area contributed by atoms with Crippen molar-refractivity contribution in [1.29, 1.82) is 0 Å². The Balaban J connectivity index is 0.00000156. The van der Waals surface area contributed by atoms with Gasteiger partial charge in [-0.2, -0.15) is 0 Å². The fourth-order valence-electron chi connectivity index (χ4n) is 4.65. The van der Waals surface area contributed by atoms with Crippen LogP contribution in [0.1, 0.15) is 50.8 Å². The van der Waals surface area contributed by atoms with E-state index in [1.165, 1.54) is 33.9 Å². The first-order valence-corrected chi connectivity index (χ1v) is 8.05. The van der Waals surface area contributed by atoms with E-state index in [0.29, 0.717) is 0 Å². The largest absolute Gasteiger partial charge is 0.304 e. The summed E-state index contributed by atoms with van der Waals surface area (Å²) in [5, 5.41) is 3.74. The number of aryl methyl sites for hydroxylation is 1. The monoisotopic (exact) mass is 481 g/mol. The Hall–Kier alpha value is -1.24. The molecule has 1 nitrogen and oxygen atoms in total. The number of hydrogen-bond donors (Lipinski definition) is 0. The van der Waals surface area contributed by atoms with Gasteiger partial charge in [0.15, 0.2) is 0 Å². The van der Waals surface area contributed by atoms with E-state index >= 15 is 0 Å². The molecule has 1 aliphatic rings. The Bertz CT molecular complexity index is 922. The molecule has 0 amide bonds. The van der Waals surface area contributed by atoms with Gasteiger partial charge in [0, 0.05) is 26.3 Å². The Morgan fingerprint density at radius 2 is 1.83 bits per heavy atom. The van der Waals surface area contributed by atoms with Crippen molar-refractivity contribution in [2.75, 3.05) is 0 Å². The SMILES string of the molecule is Cc1cc2c3c(cnc2c2[c-]cccc12)C(C)(C)CC3(C)C.[Ir]. The predicted molar refractivity (Wildman–Crippen MR) is 93.5 cm³/mol. The normalized spacial score (nSPS) is 18.0. The number of hydrogen-bond acceptors (Lipinski definition) is 1. The van der Waals surface area contributed by atoms with Crippen LogP contribution in [-0.4, -0.2) is 4.98 Å². The van der Waals surface area contributed by atoms with Gasteiger partial charge < -0.3 is 4.98 Å². The van der Waals surface area contributed by atoms with Gasteiger partial charge in [0.1, 0.15) is 0 Å². The fraction of sp³-hybridized carbons (Fsp3) is 0.381. The molecule has 1 aliphatic carbocycles. The van der Waals surface area contributed by atoms with Gasteiger partial charge in [-0.3, -0.25) is 0 Å². The third-order valence-electron chi connectivity index (χ3n) is 5.28. The van der Waals surface area contributed by atoms with Crippen molar-refractivity contribution in [3.63, 3.8) is 0 Å². The molecular weight excluding hydrogens is 458 g/mol. The summed E-state index contributed by atoms with van der Waals surface area (Å²) in [6.07, 6.45) is 3.29. The van der Waals surface area contributed by atoms with E-state index in [2.05, 4.69) is 65.1 Å². The molecule has 0 aliphatic heterocycles. The number of benzene rings is 2. The van der Waals surface area contributed by atoms with E-state index in [-0.39, 0.29) is 30.9 Å². The first-order valence-electron chi connectivity index (χ1n) is 8.05. The molecule has 4 rings (SSSR count). The predicted octanol–water partition coefficient (Wildman–Crippen LogP) is 5.45. The van der Waals surface area contributed by atoms with E-state index < -0.39 is 0 Å². The summed E-state index contributed by atoms with van der Waals surface area (Å²) in [5.41, 5.74) is 5.71. The van der Waals surface area contributed by atoms with Gasteiger partial charge in [0.05, 0.1) is 0 Å². The van der Waals surface area contributed by atoms with Crippen molar-refractivity contribution in [1.82, 2.24) is 4.98 Å². The molecule has 1 radical (unpaired) electrons. The van der Waals surface area contributed by atoms with E-state index in [9.17, 15) is 0 Å². The van der Waals surface area contributed by atoms with Crippen molar-refractivity contribution >= 4 is 21.7 Å². The van der Waals surface area contributed by atoms with E-state index in [1.54, 1.807) is 0 Å². The maximum atomic E-state index is 4.85. The molecule has 121 valence electrons. The van der Waals surface area contributed by atoms with Crippen LogP contribution in [0.4, 0.5) is 0 Å². The van der Waals surface area contributed by atoms with Gasteiger partial charge in [0.2, 0.25) is 0 Å². The first kappa shape index (κ1) is 16.6. The number of aromatic nitrogens is 1. The molecule has 0 N–H and O–H groups in total. The van der Waals surface area contributed by atoms with Crippen LogP contribution < -0.4 is 0 Å². The number of nitrogens with zero attached hydrogens (tertiary/aromatic N) is 1. The van der Waals surface area contributed by atoms with Gasteiger partial charge in [0.25, 0.3) is 0 Å². The zero-order chi connectivity index (χ0) is 15.7. The Morgan fingerprint density at radius 1 is 1.09 bits per heavy atom. The molecule has 23 heavy (non-hydrogen) atoms. The maximum absolute atomic E-state index is 4.85. The Labute approximate surface area is 151 Å². The standard InChI is InChI=1S/C21H22N.Ir/c1-13-10-16-18-17(20(2,3)12-21(18,4)5)11-22-19(16)15-9-7-6-8-14(13)15;/h6-8,10-11H,12H2,1-5H3;/q-1;. The van der Waals surface area contributed by atoms with Crippen LogP contribution in [0.5, 0.6) is 0 Å². The molecule has 2 aromatic carbocycles. The number of rotatable bonds is 0. The second kappa shape index (κ2) is 5.13. The van der Waals surface area contributed by atoms with Crippen molar-refractivity contribution in [3.05, 3.63) is 53.2 Å². The van der Waals surface area contributed by atoms with Crippen LogP contribution >= 0.6 is 0 Å².